The van der Waals surface area contributed by atoms with Gasteiger partial charge in [-0.25, -0.2) is 0 Å². The number of nitro groups is 2. The molecule has 0 aliphatic heterocycles. The number of phenols is 1. The predicted molar refractivity (Wildman–Crippen MR) is 112 cm³/mol. The normalized spacial score (nSPS) is 9.97. The summed E-state index contributed by atoms with van der Waals surface area (Å²) in [5.74, 6) is 0.191. The summed E-state index contributed by atoms with van der Waals surface area (Å²) >= 11 is 6.92. The fourth-order valence-electron chi connectivity index (χ4n) is 2.03. The van der Waals surface area contributed by atoms with Gasteiger partial charge in [0.1, 0.15) is 5.75 Å². The smallest absolute Gasteiger partial charge is 0.271 e. The van der Waals surface area contributed by atoms with Crippen LogP contribution >= 0.6 is 23.4 Å². The van der Waals surface area contributed by atoms with Crippen molar-refractivity contribution < 1.29 is 15.0 Å². The maximum atomic E-state index is 10.6. The van der Waals surface area contributed by atoms with Crippen LogP contribution in [0, 0.1) is 20.2 Å². The van der Waals surface area contributed by atoms with Crippen LogP contribution in [-0.4, -0.2) is 15.0 Å². The molecule has 0 spiro atoms. The van der Waals surface area contributed by atoms with Crippen molar-refractivity contribution in [1.29, 1.82) is 0 Å². The van der Waals surface area contributed by atoms with Crippen molar-refractivity contribution in [1.82, 2.24) is 0 Å². The van der Waals surface area contributed by atoms with E-state index in [0.717, 1.165) is 9.79 Å². The number of hydrogen-bond donors (Lipinski definition) is 3. The predicted octanol–water partition coefficient (Wildman–Crippen LogP) is 4.86. The summed E-state index contributed by atoms with van der Waals surface area (Å²) in [5.41, 5.74) is 11.6. The summed E-state index contributed by atoms with van der Waals surface area (Å²) in [7, 11) is 0. The van der Waals surface area contributed by atoms with Crippen molar-refractivity contribution in [3.63, 3.8) is 0 Å². The lowest BCUT2D eigenvalue weighted by Crippen LogP contribution is -1.93. The zero-order chi connectivity index (χ0) is 21.6. The fraction of sp³-hybridized carbons (Fsp3) is 0. The second kappa shape index (κ2) is 9.62. The molecule has 0 unspecified atom stereocenters. The number of non-ortho nitro benzene ring substituents is 2. The molecule has 0 amide bonds. The highest BCUT2D eigenvalue weighted by molar-refractivity contribution is 7.99. The molecule has 0 aromatic heterocycles. The molecule has 3 aromatic carbocycles. The van der Waals surface area contributed by atoms with Gasteiger partial charge in [-0.3, -0.25) is 20.2 Å². The van der Waals surface area contributed by atoms with Crippen LogP contribution < -0.4 is 11.5 Å². The number of nitrogens with zero attached hydrogens (tertiary/aromatic N) is 2. The first kappa shape index (κ1) is 21.8. The van der Waals surface area contributed by atoms with Crippen molar-refractivity contribution in [3.8, 4) is 5.75 Å². The zero-order valence-electron chi connectivity index (χ0n) is 14.7. The molecule has 5 N–H and O–H groups in total. The van der Waals surface area contributed by atoms with Crippen LogP contribution in [0.5, 0.6) is 5.75 Å². The highest BCUT2D eigenvalue weighted by Gasteiger charge is 2.09. The van der Waals surface area contributed by atoms with Gasteiger partial charge in [-0.2, -0.15) is 0 Å². The molecule has 150 valence electrons. The van der Waals surface area contributed by atoms with Gasteiger partial charge in [-0.15, -0.1) is 0 Å². The number of benzene rings is 3. The van der Waals surface area contributed by atoms with Gasteiger partial charge in [0.25, 0.3) is 11.4 Å². The monoisotopic (exact) mass is 434 g/mol. The van der Waals surface area contributed by atoms with Crippen LogP contribution in [0.4, 0.5) is 22.7 Å². The number of rotatable bonds is 4. The maximum absolute atomic E-state index is 10.6. The number of phenolic OH excluding ortho intramolecular Hbond substituents is 1. The van der Waals surface area contributed by atoms with Gasteiger partial charge in [0.15, 0.2) is 0 Å². The molecule has 0 saturated carbocycles. The summed E-state index contributed by atoms with van der Waals surface area (Å²) < 4.78 is 0. The maximum Gasteiger partial charge on any atom is 0.271 e. The van der Waals surface area contributed by atoms with Crippen LogP contribution in [0.15, 0.2) is 70.5 Å². The Hall–Kier alpha value is -3.50. The van der Waals surface area contributed by atoms with Crippen LogP contribution in [0.25, 0.3) is 0 Å². The van der Waals surface area contributed by atoms with E-state index in [1.807, 2.05) is 0 Å². The van der Waals surface area contributed by atoms with Gasteiger partial charge in [0, 0.05) is 34.1 Å². The first-order valence-corrected chi connectivity index (χ1v) is 9.07. The van der Waals surface area contributed by atoms with Crippen molar-refractivity contribution in [2.24, 2.45) is 0 Å². The van der Waals surface area contributed by atoms with E-state index in [1.54, 1.807) is 30.3 Å². The van der Waals surface area contributed by atoms with Crippen molar-refractivity contribution in [3.05, 3.63) is 85.9 Å². The number of anilines is 2. The number of nitrogen functional groups attached to an aromatic ring is 2. The van der Waals surface area contributed by atoms with E-state index >= 15 is 0 Å². The number of halogens is 1. The fourth-order valence-corrected chi connectivity index (χ4v) is 2.98. The van der Waals surface area contributed by atoms with Crippen LogP contribution in [0.1, 0.15) is 0 Å². The van der Waals surface area contributed by atoms with E-state index in [1.165, 1.54) is 42.1 Å². The van der Waals surface area contributed by atoms with Crippen LogP contribution in [-0.2, 0) is 0 Å². The Kier molecular flexibility index (Phi) is 7.23. The largest absolute Gasteiger partial charge is 0.508 e. The van der Waals surface area contributed by atoms with E-state index in [0.29, 0.717) is 10.7 Å². The Morgan fingerprint density at radius 1 is 0.828 bits per heavy atom. The minimum absolute atomic E-state index is 0.0254. The highest BCUT2D eigenvalue weighted by atomic mass is 35.5. The lowest BCUT2D eigenvalue weighted by molar-refractivity contribution is -0.385. The first-order chi connectivity index (χ1) is 13.7. The molecule has 11 heteroatoms. The third kappa shape index (κ3) is 6.26. The minimum Gasteiger partial charge on any atom is -0.508 e. The van der Waals surface area contributed by atoms with Gasteiger partial charge < -0.3 is 16.6 Å². The number of nitrogens with two attached hydrogens (primary N) is 2. The molecule has 3 aromatic rings. The molecule has 0 aliphatic carbocycles. The van der Waals surface area contributed by atoms with E-state index in [-0.39, 0.29) is 22.8 Å². The van der Waals surface area contributed by atoms with Gasteiger partial charge in [-0.1, -0.05) is 23.4 Å². The molecule has 0 saturated heterocycles. The zero-order valence-corrected chi connectivity index (χ0v) is 16.3. The molecule has 29 heavy (non-hydrogen) atoms. The molecular formula is C18H15ClN4O5S. The molecule has 9 nitrogen and oxygen atoms in total. The Morgan fingerprint density at radius 3 is 1.83 bits per heavy atom. The molecule has 0 fully saturated rings. The molecule has 0 radical (unpaired) electrons. The standard InChI is InChI=1S/C12H10N2O3S.C6H5ClN2O2/c13-11-7-8(14(16)17)1-6-12(11)18-10-4-2-9(15)3-5-10;7-5-2-1-4(9(10)11)3-6(5)8/h1-7,15H,13H2;1-3H,8H2. The third-order valence-electron chi connectivity index (χ3n) is 3.46. The summed E-state index contributed by atoms with van der Waals surface area (Å²) in [5, 5.41) is 30.2. The van der Waals surface area contributed by atoms with Crippen molar-refractivity contribution >= 4 is 46.1 Å². The van der Waals surface area contributed by atoms with E-state index < -0.39 is 9.85 Å². The summed E-state index contributed by atoms with van der Waals surface area (Å²) in [6, 6.07) is 14.9. The van der Waals surface area contributed by atoms with Gasteiger partial charge in [0.05, 0.1) is 26.2 Å². The Bertz CT molecular complexity index is 1050. The van der Waals surface area contributed by atoms with E-state index in [2.05, 4.69) is 0 Å². The number of aromatic hydroxyl groups is 1. The molecular weight excluding hydrogens is 420 g/mol. The first-order valence-electron chi connectivity index (χ1n) is 7.87. The van der Waals surface area contributed by atoms with Crippen LogP contribution in [0.2, 0.25) is 5.02 Å². The SMILES string of the molecule is Nc1cc([N+](=O)[O-])ccc1Cl.Nc1cc([N+](=O)[O-])ccc1Sc1ccc(O)cc1. The lowest BCUT2D eigenvalue weighted by atomic mass is 10.3. The molecule has 0 atom stereocenters. The van der Waals surface area contributed by atoms with Crippen molar-refractivity contribution in [2.75, 3.05) is 11.5 Å². The number of nitro benzene ring substituents is 2. The summed E-state index contributed by atoms with van der Waals surface area (Å²) in [6.45, 7) is 0. The Labute approximate surface area is 174 Å². The molecule has 0 heterocycles. The average Bonchev–Trinajstić information content (AvgIpc) is 2.67. The Balaban J connectivity index is 0.000000234. The van der Waals surface area contributed by atoms with Gasteiger partial charge in [-0.05, 0) is 36.4 Å². The molecule has 3 rings (SSSR count). The molecule has 0 aliphatic rings. The highest BCUT2D eigenvalue weighted by Crippen LogP contribution is 2.34. The quantitative estimate of drug-likeness (QED) is 0.298. The third-order valence-corrected chi connectivity index (χ3v) is 4.90. The topological polar surface area (TPSA) is 159 Å². The minimum atomic E-state index is -0.521. The van der Waals surface area contributed by atoms with Gasteiger partial charge in [0.2, 0.25) is 0 Å². The number of hydrogen-bond acceptors (Lipinski definition) is 8. The second-order valence-corrected chi connectivity index (χ2v) is 7.06. The summed E-state index contributed by atoms with van der Waals surface area (Å²) in [6.07, 6.45) is 0. The van der Waals surface area contributed by atoms with Crippen LogP contribution in [0.3, 0.4) is 0 Å². The van der Waals surface area contributed by atoms with E-state index in [4.69, 9.17) is 28.2 Å². The van der Waals surface area contributed by atoms with Crippen molar-refractivity contribution in [2.45, 2.75) is 9.79 Å². The summed E-state index contributed by atoms with van der Waals surface area (Å²) in [4.78, 5) is 21.4. The average molecular weight is 435 g/mol. The molecule has 0 bridgehead atoms. The lowest BCUT2D eigenvalue weighted by Gasteiger charge is -2.05. The van der Waals surface area contributed by atoms with Gasteiger partial charge >= 0.3 is 0 Å². The second-order valence-electron chi connectivity index (χ2n) is 5.54. The van der Waals surface area contributed by atoms with E-state index in [9.17, 15) is 20.2 Å². The Morgan fingerprint density at radius 2 is 1.34 bits per heavy atom.